The molecule has 0 aliphatic carbocycles. The highest BCUT2D eigenvalue weighted by molar-refractivity contribution is 5.94. The minimum Gasteiger partial charge on any atom is -0.383 e. The number of hydrogen-bond donors (Lipinski definition) is 2. The fourth-order valence-electron chi connectivity index (χ4n) is 1.64. The van der Waals surface area contributed by atoms with Crippen LogP contribution in [-0.2, 0) is 0 Å². The van der Waals surface area contributed by atoms with Gasteiger partial charge in [-0.05, 0) is 24.6 Å². The highest BCUT2D eigenvalue weighted by atomic mass is 14.8. The molecule has 0 aliphatic heterocycles. The maximum atomic E-state index is 7.38. The summed E-state index contributed by atoms with van der Waals surface area (Å²) in [5.41, 5.74) is 9.17. The number of aryl methyl sites for hydroxylation is 1. The Morgan fingerprint density at radius 1 is 1.19 bits per heavy atom. The topological polar surface area (TPSA) is 75.7 Å². The monoisotopic (exact) mass is 212 g/mol. The molecule has 0 amide bonds. The molecule has 80 valence electrons. The molecule has 2 aromatic heterocycles. The van der Waals surface area contributed by atoms with E-state index < -0.39 is 0 Å². The lowest BCUT2D eigenvalue weighted by atomic mass is 10.0. The second-order valence-corrected chi connectivity index (χ2v) is 3.44. The Morgan fingerprint density at radius 3 is 2.69 bits per heavy atom. The minimum atomic E-state index is 0.371. The summed E-state index contributed by atoms with van der Waals surface area (Å²) < 4.78 is 0. The van der Waals surface area contributed by atoms with Crippen molar-refractivity contribution in [2.24, 2.45) is 0 Å². The van der Waals surface area contributed by atoms with Gasteiger partial charge in [-0.1, -0.05) is 6.07 Å². The van der Waals surface area contributed by atoms with Crippen molar-refractivity contribution in [1.82, 2.24) is 9.97 Å². The lowest BCUT2D eigenvalue weighted by Gasteiger charge is -2.09. The highest BCUT2D eigenvalue weighted by Gasteiger charge is 2.09. The molecule has 2 heterocycles. The first-order chi connectivity index (χ1) is 7.74. The van der Waals surface area contributed by atoms with Crippen molar-refractivity contribution < 1.29 is 0 Å². The third-order valence-electron chi connectivity index (χ3n) is 2.46. The second-order valence-electron chi connectivity index (χ2n) is 3.44. The van der Waals surface area contributed by atoms with E-state index >= 15 is 0 Å². The Morgan fingerprint density at radius 2 is 2.00 bits per heavy atom. The summed E-state index contributed by atoms with van der Waals surface area (Å²) in [6, 6.07) is 5.68. The molecule has 2 aromatic rings. The van der Waals surface area contributed by atoms with E-state index in [0.29, 0.717) is 11.4 Å². The average molecular weight is 212 g/mol. The van der Waals surface area contributed by atoms with Gasteiger partial charge in [0, 0.05) is 35.4 Å². The Kier molecular flexibility index (Phi) is 2.64. The number of rotatable bonds is 2. The van der Waals surface area contributed by atoms with Crippen molar-refractivity contribution in [3.05, 3.63) is 41.9 Å². The van der Waals surface area contributed by atoms with Crippen LogP contribution in [0.3, 0.4) is 0 Å². The molecule has 0 atom stereocenters. The van der Waals surface area contributed by atoms with Gasteiger partial charge in [0.25, 0.3) is 0 Å². The first kappa shape index (κ1) is 10.3. The third kappa shape index (κ3) is 1.65. The molecule has 0 fully saturated rings. The van der Waals surface area contributed by atoms with Gasteiger partial charge in [0.05, 0.1) is 0 Å². The van der Waals surface area contributed by atoms with Crippen molar-refractivity contribution in [3.8, 4) is 11.1 Å². The summed E-state index contributed by atoms with van der Waals surface area (Å²) in [7, 11) is 0. The smallest absolute Gasteiger partial charge is 0.132 e. The lowest BCUT2D eigenvalue weighted by molar-refractivity contribution is 1.20. The molecule has 0 radical (unpaired) electrons. The molecular formula is C12H12N4. The molecule has 4 heteroatoms. The van der Waals surface area contributed by atoms with Gasteiger partial charge in [-0.15, -0.1) is 0 Å². The van der Waals surface area contributed by atoms with E-state index in [-0.39, 0.29) is 0 Å². The summed E-state index contributed by atoms with van der Waals surface area (Å²) >= 11 is 0. The molecule has 0 saturated heterocycles. The molecule has 0 aliphatic rings. The zero-order valence-corrected chi connectivity index (χ0v) is 8.94. The van der Waals surface area contributed by atoms with Crippen molar-refractivity contribution in [3.63, 3.8) is 0 Å². The van der Waals surface area contributed by atoms with Crippen LogP contribution in [0.4, 0.5) is 5.82 Å². The standard InChI is InChI=1S/C12H12N4/c1-8-9(3-2-5-15-8)10-4-6-16-12(14)11(10)7-13/h2-7,13H,1H3,(H2,14,16). The molecule has 16 heavy (non-hydrogen) atoms. The van der Waals surface area contributed by atoms with Crippen LogP contribution in [0.1, 0.15) is 11.3 Å². The van der Waals surface area contributed by atoms with Crippen molar-refractivity contribution in [1.29, 1.82) is 5.41 Å². The molecule has 0 aromatic carbocycles. The van der Waals surface area contributed by atoms with E-state index in [4.69, 9.17) is 11.1 Å². The number of anilines is 1. The highest BCUT2D eigenvalue weighted by Crippen LogP contribution is 2.26. The van der Waals surface area contributed by atoms with Crippen LogP contribution in [0, 0.1) is 12.3 Å². The van der Waals surface area contributed by atoms with Crippen LogP contribution in [0.15, 0.2) is 30.6 Å². The average Bonchev–Trinajstić information content (AvgIpc) is 2.29. The van der Waals surface area contributed by atoms with Gasteiger partial charge in [-0.25, -0.2) is 4.98 Å². The Labute approximate surface area is 93.7 Å². The van der Waals surface area contributed by atoms with Crippen LogP contribution in [0.5, 0.6) is 0 Å². The Hall–Kier alpha value is -2.23. The zero-order valence-electron chi connectivity index (χ0n) is 8.94. The van der Waals surface area contributed by atoms with E-state index in [1.165, 1.54) is 6.21 Å². The minimum absolute atomic E-state index is 0.371. The molecule has 0 bridgehead atoms. The molecule has 2 rings (SSSR count). The van der Waals surface area contributed by atoms with Gasteiger partial charge in [0.15, 0.2) is 0 Å². The van der Waals surface area contributed by atoms with E-state index in [2.05, 4.69) is 9.97 Å². The third-order valence-corrected chi connectivity index (χ3v) is 2.46. The molecular weight excluding hydrogens is 200 g/mol. The summed E-state index contributed by atoms with van der Waals surface area (Å²) in [6.07, 6.45) is 4.61. The van der Waals surface area contributed by atoms with E-state index in [0.717, 1.165) is 16.8 Å². The van der Waals surface area contributed by atoms with Gasteiger partial charge in [0.1, 0.15) is 5.82 Å². The van der Waals surface area contributed by atoms with Crippen LogP contribution in [0.25, 0.3) is 11.1 Å². The Balaban J connectivity index is 2.69. The largest absolute Gasteiger partial charge is 0.383 e. The number of nitrogens with two attached hydrogens (primary N) is 1. The summed E-state index contributed by atoms with van der Waals surface area (Å²) in [4.78, 5) is 8.20. The van der Waals surface area contributed by atoms with Gasteiger partial charge >= 0.3 is 0 Å². The number of nitrogen functional groups attached to an aromatic ring is 1. The first-order valence-electron chi connectivity index (χ1n) is 4.91. The Bertz CT molecular complexity index is 534. The summed E-state index contributed by atoms with van der Waals surface area (Å²) in [5.74, 6) is 0.371. The van der Waals surface area contributed by atoms with Crippen molar-refractivity contribution in [2.75, 3.05) is 5.73 Å². The van der Waals surface area contributed by atoms with Crippen LogP contribution >= 0.6 is 0 Å². The number of nitrogens with zero attached hydrogens (tertiary/aromatic N) is 2. The summed E-state index contributed by atoms with van der Waals surface area (Å²) in [5, 5.41) is 7.38. The van der Waals surface area contributed by atoms with Crippen molar-refractivity contribution >= 4 is 12.0 Å². The number of nitrogens with one attached hydrogen (secondary N) is 1. The van der Waals surface area contributed by atoms with Gasteiger partial charge in [-0.3, -0.25) is 4.98 Å². The molecule has 0 unspecified atom stereocenters. The maximum absolute atomic E-state index is 7.38. The van der Waals surface area contributed by atoms with Gasteiger partial charge in [0.2, 0.25) is 0 Å². The SMILES string of the molecule is Cc1ncccc1-c1ccnc(N)c1C=N. The molecule has 4 nitrogen and oxygen atoms in total. The van der Waals surface area contributed by atoms with E-state index in [9.17, 15) is 0 Å². The number of pyridine rings is 2. The van der Waals surface area contributed by atoms with Crippen molar-refractivity contribution in [2.45, 2.75) is 6.92 Å². The van der Waals surface area contributed by atoms with E-state index in [1.807, 2.05) is 25.1 Å². The lowest BCUT2D eigenvalue weighted by Crippen LogP contribution is -2.00. The van der Waals surface area contributed by atoms with Crippen LogP contribution in [-0.4, -0.2) is 16.2 Å². The molecule has 3 N–H and O–H groups in total. The normalized spacial score (nSPS) is 10.1. The van der Waals surface area contributed by atoms with Crippen LogP contribution in [0.2, 0.25) is 0 Å². The van der Waals surface area contributed by atoms with Crippen LogP contribution < -0.4 is 5.73 Å². The zero-order chi connectivity index (χ0) is 11.5. The van der Waals surface area contributed by atoms with Gasteiger partial charge < -0.3 is 11.1 Å². The quantitative estimate of drug-likeness (QED) is 0.748. The number of aromatic nitrogens is 2. The first-order valence-corrected chi connectivity index (χ1v) is 4.91. The summed E-state index contributed by atoms with van der Waals surface area (Å²) in [6.45, 7) is 1.93. The number of hydrogen-bond acceptors (Lipinski definition) is 4. The van der Waals surface area contributed by atoms with E-state index in [1.54, 1.807) is 12.4 Å². The fraction of sp³-hybridized carbons (Fsp3) is 0.0833. The molecule has 0 saturated carbocycles. The van der Waals surface area contributed by atoms with Gasteiger partial charge in [-0.2, -0.15) is 0 Å². The predicted molar refractivity (Wildman–Crippen MR) is 64.5 cm³/mol. The second kappa shape index (κ2) is 4.10. The molecule has 0 spiro atoms. The maximum Gasteiger partial charge on any atom is 0.132 e. The fourth-order valence-corrected chi connectivity index (χ4v) is 1.64. The predicted octanol–water partition coefficient (Wildman–Crippen LogP) is 2.03.